The third kappa shape index (κ3) is 10.1. The van der Waals surface area contributed by atoms with Crippen LogP contribution in [-0.2, 0) is 14.3 Å². The van der Waals surface area contributed by atoms with E-state index in [4.69, 9.17) is 15.2 Å². The second-order valence-corrected chi connectivity index (χ2v) is 8.72. The molecule has 0 bridgehead atoms. The average Bonchev–Trinajstić information content (AvgIpc) is 2.30. The quantitative estimate of drug-likeness (QED) is 0.624. The van der Waals surface area contributed by atoms with Gasteiger partial charge >= 0.3 is 0 Å². The maximum atomic E-state index is 12.3. The topological polar surface area (TPSA) is 64.8 Å². The third-order valence-corrected chi connectivity index (χ3v) is 3.77. The third-order valence-electron chi connectivity index (χ3n) is 3.77. The maximum absolute atomic E-state index is 12.3. The Labute approximate surface area is 142 Å². The zero-order chi connectivity index (χ0) is 18.5. The predicted molar refractivity (Wildman–Crippen MR) is 95.5 cm³/mol. The van der Waals surface area contributed by atoms with Crippen molar-refractivity contribution in [3.63, 3.8) is 0 Å². The molecule has 0 aromatic rings. The first kappa shape index (κ1) is 22.5. The highest BCUT2D eigenvalue weighted by Crippen LogP contribution is 2.20. The zero-order valence-electron chi connectivity index (χ0n) is 16.7. The van der Waals surface area contributed by atoms with E-state index in [1.807, 2.05) is 32.6 Å². The molecule has 23 heavy (non-hydrogen) atoms. The molecule has 5 nitrogen and oxygen atoms in total. The van der Waals surface area contributed by atoms with Gasteiger partial charge in [-0.2, -0.15) is 0 Å². The Morgan fingerprint density at radius 1 is 1.09 bits per heavy atom. The summed E-state index contributed by atoms with van der Waals surface area (Å²) in [7, 11) is 0. The van der Waals surface area contributed by atoms with Gasteiger partial charge in [-0.15, -0.1) is 0 Å². The second kappa shape index (κ2) is 8.56. The maximum Gasteiger partial charge on any atom is 0.166 e. The molecule has 138 valence electrons. The number of hydrogen-bond acceptors (Lipinski definition) is 5. The minimum Gasteiger partial charge on any atom is -0.379 e. The molecule has 0 aliphatic rings. The highest BCUT2D eigenvalue weighted by molar-refractivity contribution is 5.89. The van der Waals surface area contributed by atoms with Crippen LogP contribution in [0, 0.1) is 0 Å². The van der Waals surface area contributed by atoms with E-state index in [1.54, 1.807) is 13.8 Å². The molecule has 0 aliphatic carbocycles. The number of nitrogens with zero attached hydrogens (tertiary/aromatic N) is 1. The largest absolute Gasteiger partial charge is 0.379 e. The Morgan fingerprint density at radius 2 is 1.61 bits per heavy atom. The van der Waals surface area contributed by atoms with Crippen LogP contribution in [0.25, 0.3) is 0 Å². The van der Waals surface area contributed by atoms with Crippen molar-refractivity contribution in [2.75, 3.05) is 19.9 Å². The lowest BCUT2D eigenvalue weighted by molar-refractivity contribution is -0.136. The van der Waals surface area contributed by atoms with Crippen LogP contribution >= 0.6 is 0 Å². The van der Waals surface area contributed by atoms with Crippen molar-refractivity contribution < 1.29 is 14.3 Å². The average molecular weight is 331 g/mol. The standard InChI is InChI=1S/C18H38N2O3/c1-14(2)22-11-10-17(6,7)23-13-20(16(3,4)5)12-15(21)18(8,9)19/h14H,10-13,19H2,1-9H3. The van der Waals surface area contributed by atoms with E-state index in [2.05, 4.69) is 20.8 Å². The zero-order valence-corrected chi connectivity index (χ0v) is 16.7. The lowest BCUT2D eigenvalue weighted by Gasteiger charge is -2.38. The van der Waals surface area contributed by atoms with Gasteiger partial charge in [0.1, 0.15) is 6.73 Å². The van der Waals surface area contributed by atoms with E-state index < -0.39 is 5.54 Å². The first-order chi connectivity index (χ1) is 10.1. The number of rotatable bonds is 10. The molecule has 0 fully saturated rings. The number of Topliss-reactive ketones (excluding diaryl/α,β-unsaturated/α-hetero) is 1. The minimum atomic E-state index is -0.829. The van der Waals surface area contributed by atoms with Gasteiger partial charge in [0, 0.05) is 12.1 Å². The number of carbonyl (C=O) groups is 1. The van der Waals surface area contributed by atoms with Gasteiger partial charge in [0.15, 0.2) is 5.78 Å². The van der Waals surface area contributed by atoms with Gasteiger partial charge in [0.2, 0.25) is 0 Å². The molecule has 0 rings (SSSR count). The molecule has 0 amide bonds. The number of ether oxygens (including phenoxy) is 2. The summed E-state index contributed by atoms with van der Waals surface area (Å²) in [5.74, 6) is 0.0111. The van der Waals surface area contributed by atoms with Gasteiger partial charge < -0.3 is 15.2 Å². The van der Waals surface area contributed by atoms with Crippen molar-refractivity contribution >= 4 is 5.78 Å². The molecule has 0 radical (unpaired) electrons. The smallest absolute Gasteiger partial charge is 0.166 e. The van der Waals surface area contributed by atoms with Crippen LogP contribution in [0.15, 0.2) is 0 Å². The first-order valence-corrected chi connectivity index (χ1v) is 8.48. The summed E-state index contributed by atoms with van der Waals surface area (Å²) < 4.78 is 11.7. The molecule has 0 saturated carbocycles. The van der Waals surface area contributed by atoms with Gasteiger partial charge in [0.05, 0.1) is 23.8 Å². The highest BCUT2D eigenvalue weighted by Gasteiger charge is 2.31. The minimum absolute atomic E-state index is 0.0111. The van der Waals surface area contributed by atoms with E-state index in [1.165, 1.54) is 0 Å². The summed E-state index contributed by atoms with van der Waals surface area (Å²) in [5, 5.41) is 0. The summed E-state index contributed by atoms with van der Waals surface area (Å²) in [6.07, 6.45) is 1.03. The summed E-state index contributed by atoms with van der Waals surface area (Å²) in [6.45, 7) is 19.2. The van der Waals surface area contributed by atoms with Crippen LogP contribution in [0.4, 0.5) is 0 Å². The number of ketones is 1. The molecular formula is C18H38N2O3. The fourth-order valence-corrected chi connectivity index (χ4v) is 1.72. The van der Waals surface area contributed by atoms with Crippen LogP contribution in [0.3, 0.4) is 0 Å². The fraction of sp³-hybridized carbons (Fsp3) is 0.944. The Kier molecular flexibility index (Phi) is 8.38. The predicted octanol–water partition coefficient (Wildman–Crippen LogP) is 2.96. The lowest BCUT2D eigenvalue weighted by atomic mass is 9.98. The van der Waals surface area contributed by atoms with Gasteiger partial charge in [-0.3, -0.25) is 9.69 Å². The summed E-state index contributed by atoms with van der Waals surface area (Å²) in [4.78, 5) is 14.3. The van der Waals surface area contributed by atoms with E-state index >= 15 is 0 Å². The fourth-order valence-electron chi connectivity index (χ4n) is 1.72. The number of hydrogen-bond donors (Lipinski definition) is 1. The van der Waals surface area contributed by atoms with Crippen LogP contribution in [0.1, 0.15) is 68.7 Å². The van der Waals surface area contributed by atoms with Crippen LogP contribution in [0.2, 0.25) is 0 Å². The molecule has 0 saturated heterocycles. The lowest BCUT2D eigenvalue weighted by Crippen LogP contribution is -2.53. The van der Waals surface area contributed by atoms with Crippen molar-refractivity contribution in [2.45, 2.75) is 91.5 Å². The Bertz CT molecular complexity index is 365. The first-order valence-electron chi connectivity index (χ1n) is 8.48. The van der Waals surface area contributed by atoms with Crippen molar-refractivity contribution in [1.82, 2.24) is 4.90 Å². The molecule has 0 unspecified atom stereocenters. The summed E-state index contributed by atoms with van der Waals surface area (Å²) in [5.41, 5.74) is 4.60. The molecule has 0 aliphatic heterocycles. The molecule has 5 heteroatoms. The van der Waals surface area contributed by atoms with E-state index in [0.717, 1.165) is 6.42 Å². The van der Waals surface area contributed by atoms with Gasteiger partial charge in [-0.05, 0) is 68.7 Å². The SMILES string of the molecule is CC(C)OCCC(C)(C)OCN(CC(=O)C(C)(C)N)C(C)(C)C. The van der Waals surface area contributed by atoms with E-state index in [-0.39, 0.29) is 29.6 Å². The Hall–Kier alpha value is -0.490. The van der Waals surface area contributed by atoms with E-state index in [9.17, 15) is 4.79 Å². The Balaban J connectivity index is 4.65. The van der Waals surface area contributed by atoms with Gasteiger partial charge in [0.25, 0.3) is 0 Å². The second-order valence-electron chi connectivity index (χ2n) is 8.72. The van der Waals surface area contributed by atoms with Crippen molar-refractivity contribution in [2.24, 2.45) is 5.73 Å². The van der Waals surface area contributed by atoms with Crippen LogP contribution < -0.4 is 5.73 Å². The van der Waals surface area contributed by atoms with E-state index in [0.29, 0.717) is 13.3 Å². The Morgan fingerprint density at radius 3 is 2.00 bits per heavy atom. The monoisotopic (exact) mass is 330 g/mol. The molecule has 0 spiro atoms. The molecule has 0 aromatic carbocycles. The molecular weight excluding hydrogens is 292 g/mol. The van der Waals surface area contributed by atoms with Crippen molar-refractivity contribution in [3.05, 3.63) is 0 Å². The molecule has 0 heterocycles. The van der Waals surface area contributed by atoms with Crippen molar-refractivity contribution in [3.8, 4) is 0 Å². The normalized spacial score (nSPS) is 13.9. The number of carbonyl (C=O) groups excluding carboxylic acids is 1. The van der Waals surface area contributed by atoms with Crippen LogP contribution in [0.5, 0.6) is 0 Å². The summed E-state index contributed by atoms with van der Waals surface area (Å²) >= 11 is 0. The van der Waals surface area contributed by atoms with Crippen molar-refractivity contribution in [1.29, 1.82) is 0 Å². The highest BCUT2D eigenvalue weighted by atomic mass is 16.5. The number of nitrogens with two attached hydrogens (primary N) is 1. The molecule has 0 aromatic heterocycles. The van der Waals surface area contributed by atoms with Gasteiger partial charge in [-0.25, -0.2) is 0 Å². The summed E-state index contributed by atoms with van der Waals surface area (Å²) in [6, 6.07) is 0. The van der Waals surface area contributed by atoms with Gasteiger partial charge in [-0.1, -0.05) is 0 Å². The molecule has 0 atom stereocenters. The molecule has 2 N–H and O–H groups in total. The van der Waals surface area contributed by atoms with Crippen LogP contribution in [-0.4, -0.2) is 53.3 Å².